The van der Waals surface area contributed by atoms with Gasteiger partial charge in [-0.05, 0) is 12.5 Å². The summed E-state index contributed by atoms with van der Waals surface area (Å²) in [6, 6.07) is 6.92. The lowest BCUT2D eigenvalue weighted by molar-refractivity contribution is -0.140. The largest absolute Gasteiger partial charge is 0.469 e. The van der Waals surface area contributed by atoms with Crippen LogP contribution in [0.1, 0.15) is 43.1 Å². The Morgan fingerprint density at radius 1 is 1.20 bits per heavy atom. The van der Waals surface area contributed by atoms with Gasteiger partial charge in [-0.2, -0.15) is 5.10 Å². The first-order chi connectivity index (χ1) is 12.1. The number of aromatic nitrogens is 2. The first-order valence-corrected chi connectivity index (χ1v) is 8.43. The highest BCUT2D eigenvalue weighted by Crippen LogP contribution is 2.13. The fourth-order valence-electron chi connectivity index (χ4n) is 2.53. The molecule has 0 bridgehead atoms. The molecule has 0 fully saturated rings. The number of fused-ring (bicyclic) bond motifs is 1. The van der Waals surface area contributed by atoms with E-state index in [0.717, 1.165) is 19.3 Å². The van der Waals surface area contributed by atoms with E-state index >= 15 is 0 Å². The predicted molar refractivity (Wildman–Crippen MR) is 94.5 cm³/mol. The monoisotopic (exact) mass is 345 g/mol. The van der Waals surface area contributed by atoms with Gasteiger partial charge < -0.3 is 10.1 Å². The van der Waals surface area contributed by atoms with Gasteiger partial charge >= 0.3 is 5.97 Å². The second-order valence-electron chi connectivity index (χ2n) is 5.71. The minimum Gasteiger partial charge on any atom is -0.469 e. The number of rotatable bonds is 8. The molecule has 2 aromatic rings. The van der Waals surface area contributed by atoms with E-state index in [1.165, 1.54) is 11.8 Å². The Bertz CT molecular complexity index is 814. The highest BCUT2D eigenvalue weighted by Gasteiger charge is 2.16. The van der Waals surface area contributed by atoms with Crippen molar-refractivity contribution in [2.45, 2.75) is 39.2 Å². The molecule has 7 nitrogen and oxygen atoms in total. The van der Waals surface area contributed by atoms with Crippen LogP contribution in [0.15, 0.2) is 29.1 Å². The lowest BCUT2D eigenvalue weighted by atomic mass is 10.1. The minimum absolute atomic E-state index is 0.0797. The number of carbonyl (C=O) groups is 2. The number of nitrogens with one attached hydrogen (secondary N) is 1. The van der Waals surface area contributed by atoms with Crippen molar-refractivity contribution in [1.29, 1.82) is 0 Å². The van der Waals surface area contributed by atoms with Gasteiger partial charge in [0, 0.05) is 18.5 Å². The Hall–Kier alpha value is -2.70. The van der Waals surface area contributed by atoms with Gasteiger partial charge in [0.25, 0.3) is 11.5 Å². The second kappa shape index (κ2) is 8.96. The van der Waals surface area contributed by atoms with E-state index in [2.05, 4.69) is 22.1 Å². The normalized spacial score (nSPS) is 10.6. The summed E-state index contributed by atoms with van der Waals surface area (Å²) in [5.41, 5.74) is -0.00521. The fourth-order valence-corrected chi connectivity index (χ4v) is 2.53. The van der Waals surface area contributed by atoms with Crippen molar-refractivity contribution in [3.63, 3.8) is 0 Å². The van der Waals surface area contributed by atoms with Gasteiger partial charge in [0.1, 0.15) is 0 Å². The Morgan fingerprint density at radius 3 is 2.60 bits per heavy atom. The molecule has 0 radical (unpaired) electrons. The fraction of sp³-hybridized carbons (Fsp3) is 0.444. The van der Waals surface area contributed by atoms with Crippen LogP contribution >= 0.6 is 0 Å². The van der Waals surface area contributed by atoms with Gasteiger partial charge in [0.2, 0.25) is 0 Å². The van der Waals surface area contributed by atoms with E-state index in [9.17, 15) is 14.4 Å². The highest BCUT2D eigenvalue weighted by molar-refractivity contribution is 6.04. The number of unbranched alkanes of at least 4 members (excludes halogenated alkanes) is 2. The number of amides is 1. The van der Waals surface area contributed by atoms with Gasteiger partial charge in [0.15, 0.2) is 5.69 Å². The van der Waals surface area contributed by atoms with Crippen LogP contribution in [0.2, 0.25) is 0 Å². The average molecular weight is 345 g/mol. The summed E-state index contributed by atoms with van der Waals surface area (Å²) < 4.78 is 5.90. The number of aryl methyl sites for hydroxylation is 1. The van der Waals surface area contributed by atoms with Crippen LogP contribution < -0.4 is 10.9 Å². The minimum atomic E-state index is -0.413. The molecule has 1 aromatic heterocycles. The van der Waals surface area contributed by atoms with Gasteiger partial charge in [0.05, 0.1) is 18.9 Å². The molecular formula is C18H23N3O4. The first-order valence-electron chi connectivity index (χ1n) is 8.43. The average Bonchev–Trinajstić information content (AvgIpc) is 2.63. The maximum absolute atomic E-state index is 12.5. The number of hydrogen-bond donors (Lipinski definition) is 1. The molecule has 25 heavy (non-hydrogen) atoms. The SMILES string of the molecule is CCCCCn1nc(C(=O)NCCC(=O)OC)c2ccccc2c1=O. The van der Waals surface area contributed by atoms with E-state index in [1.54, 1.807) is 24.3 Å². The zero-order chi connectivity index (χ0) is 18.2. The van der Waals surface area contributed by atoms with Crippen LogP contribution in [-0.2, 0) is 16.1 Å². The summed E-state index contributed by atoms with van der Waals surface area (Å²) in [6.07, 6.45) is 2.92. The Kier molecular flexibility index (Phi) is 6.68. The summed E-state index contributed by atoms with van der Waals surface area (Å²) in [4.78, 5) is 36.2. The van der Waals surface area contributed by atoms with Gasteiger partial charge in [-0.3, -0.25) is 14.4 Å². The van der Waals surface area contributed by atoms with Gasteiger partial charge in [-0.1, -0.05) is 38.0 Å². The molecule has 0 aliphatic rings. The van der Waals surface area contributed by atoms with E-state index in [-0.39, 0.29) is 24.2 Å². The Balaban J connectivity index is 2.30. The molecule has 7 heteroatoms. The van der Waals surface area contributed by atoms with Crippen molar-refractivity contribution in [3.05, 3.63) is 40.3 Å². The number of nitrogens with zero attached hydrogens (tertiary/aromatic N) is 2. The van der Waals surface area contributed by atoms with Crippen molar-refractivity contribution in [3.8, 4) is 0 Å². The van der Waals surface area contributed by atoms with Crippen LogP contribution in [0.3, 0.4) is 0 Å². The van der Waals surface area contributed by atoms with Crippen molar-refractivity contribution in [2.24, 2.45) is 0 Å². The first kappa shape index (κ1) is 18.6. The molecule has 0 spiro atoms. The van der Waals surface area contributed by atoms with Crippen molar-refractivity contribution in [2.75, 3.05) is 13.7 Å². The third-order valence-electron chi connectivity index (χ3n) is 3.90. The van der Waals surface area contributed by atoms with Crippen molar-refractivity contribution in [1.82, 2.24) is 15.1 Å². The second-order valence-corrected chi connectivity index (χ2v) is 5.71. The third-order valence-corrected chi connectivity index (χ3v) is 3.90. The van der Waals surface area contributed by atoms with Crippen molar-refractivity contribution < 1.29 is 14.3 Å². The van der Waals surface area contributed by atoms with E-state index in [4.69, 9.17) is 0 Å². The predicted octanol–water partition coefficient (Wildman–Crippen LogP) is 1.88. The standard InChI is InChI=1S/C18H23N3O4/c1-3-4-7-12-21-18(24)14-9-6-5-8-13(14)16(20-21)17(23)19-11-10-15(22)25-2/h5-6,8-9H,3-4,7,10-12H2,1-2H3,(H,19,23). The third kappa shape index (κ3) is 4.65. The van der Waals surface area contributed by atoms with Crippen LogP contribution in [0.5, 0.6) is 0 Å². The number of hydrogen-bond acceptors (Lipinski definition) is 5. The summed E-state index contributed by atoms with van der Waals surface area (Å²) in [5, 5.41) is 7.89. The number of ether oxygens (including phenoxy) is 1. The molecule has 1 amide bonds. The summed E-state index contributed by atoms with van der Waals surface area (Å²) in [5.74, 6) is -0.813. The summed E-state index contributed by atoms with van der Waals surface area (Å²) >= 11 is 0. The summed E-state index contributed by atoms with van der Waals surface area (Å²) in [7, 11) is 1.30. The van der Waals surface area contributed by atoms with Gasteiger partial charge in [-0.15, -0.1) is 0 Å². The summed E-state index contributed by atoms with van der Waals surface area (Å²) in [6.45, 7) is 2.70. The van der Waals surface area contributed by atoms with Crippen LogP contribution in [-0.4, -0.2) is 35.3 Å². The van der Waals surface area contributed by atoms with Crippen molar-refractivity contribution >= 4 is 22.6 Å². The molecule has 0 unspecified atom stereocenters. The van der Waals surface area contributed by atoms with E-state index in [0.29, 0.717) is 17.3 Å². The van der Waals surface area contributed by atoms with Crippen LogP contribution in [0, 0.1) is 0 Å². The molecular weight excluding hydrogens is 322 g/mol. The smallest absolute Gasteiger partial charge is 0.307 e. The highest BCUT2D eigenvalue weighted by atomic mass is 16.5. The van der Waals surface area contributed by atoms with E-state index in [1.807, 2.05) is 0 Å². The number of esters is 1. The number of benzene rings is 1. The van der Waals surface area contributed by atoms with E-state index < -0.39 is 11.9 Å². The molecule has 0 aliphatic carbocycles. The Labute approximate surface area is 146 Å². The van der Waals surface area contributed by atoms with Gasteiger partial charge in [-0.25, -0.2) is 4.68 Å². The van der Waals surface area contributed by atoms with Crippen LogP contribution in [0.25, 0.3) is 10.8 Å². The quantitative estimate of drug-likeness (QED) is 0.583. The number of carbonyl (C=O) groups excluding carboxylic acids is 2. The zero-order valence-corrected chi connectivity index (χ0v) is 14.6. The maximum atomic E-state index is 12.5. The number of methoxy groups -OCH3 is 1. The molecule has 0 atom stereocenters. The Morgan fingerprint density at radius 2 is 1.92 bits per heavy atom. The molecule has 1 N–H and O–H groups in total. The molecule has 1 aromatic carbocycles. The molecule has 0 saturated heterocycles. The maximum Gasteiger partial charge on any atom is 0.307 e. The lowest BCUT2D eigenvalue weighted by Gasteiger charge is -2.11. The molecule has 134 valence electrons. The molecule has 0 saturated carbocycles. The van der Waals surface area contributed by atoms with Crippen LogP contribution in [0.4, 0.5) is 0 Å². The lowest BCUT2D eigenvalue weighted by Crippen LogP contribution is -2.32. The topological polar surface area (TPSA) is 90.3 Å². The molecule has 2 rings (SSSR count). The zero-order valence-electron chi connectivity index (χ0n) is 14.6. The molecule has 0 aliphatic heterocycles. The molecule has 1 heterocycles.